The van der Waals surface area contributed by atoms with Crippen LogP contribution in [-0.4, -0.2) is 30.5 Å². The van der Waals surface area contributed by atoms with Crippen molar-refractivity contribution in [3.8, 4) is 22.6 Å². The Bertz CT molecular complexity index is 1600. The molecule has 14 heteroatoms. The fourth-order valence-electron chi connectivity index (χ4n) is 4.09. The molecule has 3 aromatic heterocycles. The maximum Gasteiger partial charge on any atom is 0.477 e. The highest BCUT2D eigenvalue weighted by Crippen LogP contribution is 2.56. The van der Waals surface area contributed by atoms with E-state index in [0.29, 0.717) is 11.0 Å². The van der Waals surface area contributed by atoms with Gasteiger partial charge in [-0.15, -0.1) is 0 Å². The molecule has 8 nitrogen and oxygen atoms in total. The number of nitrogens with zero attached hydrogens (tertiary/aromatic N) is 4. The predicted molar refractivity (Wildman–Crippen MR) is 148 cm³/mol. The lowest BCUT2D eigenvalue weighted by Crippen LogP contribution is -2.25. The summed E-state index contributed by atoms with van der Waals surface area (Å²) in [7, 11) is -2.80. The molecule has 0 atom stereocenters. The third-order valence-corrected chi connectivity index (χ3v) is 7.81. The minimum Gasteiger partial charge on any atom is -0.314 e. The molecule has 0 radical (unpaired) electrons. The normalized spacial score (nSPS) is 13.4. The first-order valence-corrected chi connectivity index (χ1v) is 14.3. The number of aromatic nitrogens is 4. The van der Waals surface area contributed by atoms with Crippen LogP contribution < -0.4 is 0 Å². The molecule has 3 heterocycles. The lowest BCUT2D eigenvalue weighted by Gasteiger charge is -2.31. The third-order valence-electron chi connectivity index (χ3n) is 5.53. The van der Waals surface area contributed by atoms with Crippen LogP contribution in [0.3, 0.4) is 0 Å². The second kappa shape index (κ2) is 10.8. The zero-order chi connectivity index (χ0) is 30.5. The van der Waals surface area contributed by atoms with Crippen LogP contribution in [0.1, 0.15) is 47.2 Å². The van der Waals surface area contributed by atoms with E-state index in [0.717, 1.165) is 10.7 Å². The minimum absolute atomic E-state index is 0.0283. The van der Waals surface area contributed by atoms with Crippen LogP contribution >= 0.6 is 19.4 Å². The van der Waals surface area contributed by atoms with E-state index in [4.69, 9.17) is 25.2 Å². The average Bonchev–Trinajstić information content (AvgIpc) is 3.35. The number of alkyl halides is 3. The van der Waals surface area contributed by atoms with Crippen molar-refractivity contribution in [2.45, 2.75) is 65.7 Å². The highest BCUT2D eigenvalue weighted by Gasteiger charge is 2.38. The standard InChI is InChI=1S/C27H30ClF4N4O4P/c1-25(2,3)39-41(37,40-26(4,5)6)38-15-36-20-12-11-18(21-14-23(27(30,31)32)34-35(21)7)33-19(20)13-22(36)24-16(28)9-8-10-17(24)29/h8-14H,15H2,1-7H3. The van der Waals surface area contributed by atoms with Gasteiger partial charge in [-0.2, -0.15) is 18.3 Å². The number of pyridine rings is 1. The van der Waals surface area contributed by atoms with Gasteiger partial charge in [0.15, 0.2) is 5.69 Å². The van der Waals surface area contributed by atoms with Gasteiger partial charge in [0.05, 0.1) is 49.9 Å². The van der Waals surface area contributed by atoms with Crippen LogP contribution in [0.25, 0.3) is 33.7 Å². The quantitative estimate of drug-likeness (QED) is 0.153. The summed E-state index contributed by atoms with van der Waals surface area (Å²) < 4.78 is 88.3. The second-order valence-electron chi connectivity index (χ2n) is 11.3. The second-order valence-corrected chi connectivity index (χ2v) is 13.2. The number of phosphoric ester groups is 1. The van der Waals surface area contributed by atoms with Gasteiger partial charge in [0.2, 0.25) is 0 Å². The van der Waals surface area contributed by atoms with E-state index in [1.54, 1.807) is 47.6 Å². The number of phosphoric acid groups is 1. The van der Waals surface area contributed by atoms with Crippen LogP contribution in [0.5, 0.6) is 0 Å². The number of benzene rings is 1. The van der Waals surface area contributed by atoms with Crippen molar-refractivity contribution in [1.82, 2.24) is 19.3 Å². The molecule has 0 fully saturated rings. The number of hydrogen-bond donors (Lipinski definition) is 0. The summed E-state index contributed by atoms with van der Waals surface area (Å²) in [4.78, 5) is 4.53. The molecule has 0 N–H and O–H groups in total. The number of halogens is 5. The van der Waals surface area contributed by atoms with Gasteiger partial charge in [-0.1, -0.05) is 17.7 Å². The monoisotopic (exact) mass is 616 g/mol. The third kappa shape index (κ3) is 7.18. The van der Waals surface area contributed by atoms with E-state index < -0.39 is 43.4 Å². The number of hydrogen-bond acceptors (Lipinski definition) is 6. The summed E-state index contributed by atoms with van der Waals surface area (Å²) in [6.45, 7) is 9.74. The summed E-state index contributed by atoms with van der Waals surface area (Å²) in [5, 5.41) is 3.64. The zero-order valence-corrected chi connectivity index (χ0v) is 25.2. The number of rotatable bonds is 7. The molecule has 222 valence electrons. The van der Waals surface area contributed by atoms with Crippen molar-refractivity contribution < 1.29 is 35.7 Å². The van der Waals surface area contributed by atoms with E-state index in [-0.39, 0.29) is 27.7 Å². The molecule has 0 aliphatic heterocycles. The van der Waals surface area contributed by atoms with Crippen molar-refractivity contribution in [2.24, 2.45) is 7.05 Å². The Morgan fingerprint density at radius 1 is 0.951 bits per heavy atom. The fourth-order valence-corrected chi connectivity index (χ4v) is 6.09. The van der Waals surface area contributed by atoms with Crippen LogP contribution in [0.15, 0.2) is 42.5 Å². The first-order chi connectivity index (χ1) is 18.8. The van der Waals surface area contributed by atoms with Gasteiger partial charge in [-0.05, 0) is 77.9 Å². The van der Waals surface area contributed by atoms with Gasteiger partial charge in [0.25, 0.3) is 0 Å². The molecular formula is C27H30ClF4N4O4P. The molecule has 0 aliphatic carbocycles. The Balaban J connectivity index is 1.85. The molecule has 1 aromatic carbocycles. The van der Waals surface area contributed by atoms with Gasteiger partial charge in [-0.3, -0.25) is 18.3 Å². The highest BCUT2D eigenvalue weighted by atomic mass is 35.5. The van der Waals surface area contributed by atoms with Gasteiger partial charge < -0.3 is 4.57 Å². The van der Waals surface area contributed by atoms with E-state index in [1.807, 2.05) is 0 Å². The minimum atomic E-state index is -4.63. The molecule has 0 saturated heterocycles. The van der Waals surface area contributed by atoms with E-state index >= 15 is 4.39 Å². The van der Waals surface area contributed by atoms with Gasteiger partial charge in [0.1, 0.15) is 12.5 Å². The largest absolute Gasteiger partial charge is 0.477 e. The van der Waals surface area contributed by atoms with E-state index in [1.165, 1.54) is 41.9 Å². The Morgan fingerprint density at radius 2 is 1.59 bits per heavy atom. The smallest absolute Gasteiger partial charge is 0.314 e. The molecule has 0 saturated carbocycles. The van der Waals surface area contributed by atoms with Gasteiger partial charge >= 0.3 is 14.0 Å². The summed E-state index contributed by atoms with van der Waals surface area (Å²) >= 11 is 6.38. The Kier molecular flexibility index (Phi) is 8.23. The molecule has 4 aromatic rings. The molecule has 0 amide bonds. The molecule has 0 spiro atoms. The molecule has 0 unspecified atom stereocenters. The first-order valence-electron chi connectivity index (χ1n) is 12.5. The maximum atomic E-state index is 15.1. The fraction of sp³-hybridized carbons (Fsp3) is 0.407. The van der Waals surface area contributed by atoms with E-state index in [9.17, 15) is 17.7 Å². The molecular weight excluding hydrogens is 587 g/mol. The summed E-state index contributed by atoms with van der Waals surface area (Å²) in [5.41, 5.74) is -1.58. The van der Waals surface area contributed by atoms with Gasteiger partial charge in [-0.25, -0.2) is 13.9 Å². The Labute approximate surface area is 239 Å². The highest BCUT2D eigenvalue weighted by molar-refractivity contribution is 7.48. The lowest BCUT2D eigenvalue weighted by molar-refractivity contribution is -0.141. The van der Waals surface area contributed by atoms with Crippen LogP contribution in [-0.2, 0) is 38.1 Å². The van der Waals surface area contributed by atoms with Crippen molar-refractivity contribution in [2.75, 3.05) is 0 Å². The summed E-state index contributed by atoms with van der Waals surface area (Å²) in [6.07, 6.45) is -4.63. The first kappa shape index (κ1) is 31.2. The van der Waals surface area contributed by atoms with Crippen molar-refractivity contribution >= 4 is 30.5 Å². The molecule has 0 bridgehead atoms. The Hall–Kier alpha value is -2.76. The lowest BCUT2D eigenvalue weighted by atomic mass is 10.1. The predicted octanol–water partition coefficient (Wildman–Crippen LogP) is 8.63. The SMILES string of the molecule is Cn1nc(C(F)(F)F)cc1-c1ccc2c(cc(-c3c(F)cccc3Cl)n2COP(=O)(OC(C)(C)C)OC(C)(C)C)n1. The Morgan fingerprint density at radius 3 is 2.12 bits per heavy atom. The van der Waals surface area contributed by atoms with Crippen LogP contribution in [0.2, 0.25) is 5.02 Å². The average molecular weight is 617 g/mol. The van der Waals surface area contributed by atoms with Crippen molar-refractivity contribution in [3.63, 3.8) is 0 Å². The molecule has 0 aliphatic rings. The topological polar surface area (TPSA) is 80.4 Å². The van der Waals surface area contributed by atoms with Crippen LogP contribution in [0, 0.1) is 5.82 Å². The zero-order valence-electron chi connectivity index (χ0n) is 23.5. The summed E-state index contributed by atoms with van der Waals surface area (Å²) in [5.74, 6) is -0.636. The van der Waals surface area contributed by atoms with E-state index in [2.05, 4.69) is 10.1 Å². The van der Waals surface area contributed by atoms with Gasteiger partial charge in [0, 0.05) is 7.05 Å². The van der Waals surface area contributed by atoms with Crippen molar-refractivity contribution in [3.05, 3.63) is 59.0 Å². The number of aryl methyl sites for hydroxylation is 1. The summed E-state index contributed by atoms with van der Waals surface area (Å²) in [6, 6.07) is 9.68. The molecule has 41 heavy (non-hydrogen) atoms. The van der Waals surface area contributed by atoms with Crippen LogP contribution in [0.4, 0.5) is 17.6 Å². The van der Waals surface area contributed by atoms with Crippen molar-refractivity contribution in [1.29, 1.82) is 0 Å². The number of fused-ring (bicyclic) bond motifs is 1. The maximum absolute atomic E-state index is 15.1. The molecule has 4 rings (SSSR count).